The van der Waals surface area contributed by atoms with Crippen molar-refractivity contribution >= 4 is 23.1 Å². The van der Waals surface area contributed by atoms with Crippen molar-refractivity contribution in [2.45, 2.75) is 64.7 Å². The number of hydrogen-bond acceptors (Lipinski definition) is 2. The number of aliphatic imine (C=N–C) groups is 1. The molecule has 104 valence electrons. The second-order valence-corrected chi connectivity index (χ2v) is 5.70. The molecule has 0 fully saturated rings. The molecular weight excluding hydrogens is 250 g/mol. The van der Waals surface area contributed by atoms with Gasteiger partial charge < -0.3 is 0 Å². The molecule has 1 nitrogen and oxygen atoms in total. The highest BCUT2D eigenvalue weighted by Crippen LogP contribution is 2.35. The van der Waals surface area contributed by atoms with E-state index in [1.807, 2.05) is 12.1 Å². The van der Waals surface area contributed by atoms with E-state index >= 15 is 0 Å². The summed E-state index contributed by atoms with van der Waals surface area (Å²) >= 11 is 4.64. The van der Waals surface area contributed by atoms with Gasteiger partial charge in [0.05, 0.1) is 10.8 Å². The average molecular weight is 275 g/mol. The Balaban J connectivity index is 2.87. The van der Waals surface area contributed by atoms with Gasteiger partial charge in [0.15, 0.2) is 0 Å². The normalized spacial score (nSPS) is 13.6. The van der Waals surface area contributed by atoms with Gasteiger partial charge in [-0.25, -0.2) is 0 Å². The van der Waals surface area contributed by atoms with Gasteiger partial charge >= 0.3 is 0 Å². The van der Waals surface area contributed by atoms with E-state index in [4.69, 9.17) is 0 Å². The van der Waals surface area contributed by atoms with Crippen molar-refractivity contribution in [3.8, 4) is 0 Å². The van der Waals surface area contributed by atoms with E-state index in [2.05, 4.69) is 55.3 Å². The van der Waals surface area contributed by atoms with E-state index in [0.717, 1.165) is 5.69 Å². The molecule has 1 rings (SSSR count). The second kappa shape index (κ2) is 8.24. The van der Waals surface area contributed by atoms with Crippen molar-refractivity contribution in [1.29, 1.82) is 0 Å². The van der Waals surface area contributed by atoms with Crippen LogP contribution in [0.5, 0.6) is 0 Å². The van der Waals surface area contributed by atoms with Crippen molar-refractivity contribution < 1.29 is 0 Å². The number of unbranched alkanes of at least 4 members (excludes halogenated alkanes) is 2. The van der Waals surface area contributed by atoms with Crippen LogP contribution in [0.2, 0.25) is 0 Å². The van der Waals surface area contributed by atoms with Gasteiger partial charge in [0.2, 0.25) is 0 Å². The first kappa shape index (κ1) is 16.1. The summed E-state index contributed by atoms with van der Waals surface area (Å²) in [4.78, 5) is 4.02. The lowest BCUT2D eigenvalue weighted by Gasteiger charge is -2.30. The SMILES string of the molecule is CCCCCC(C)(CCC)c1ccc(N=C=S)cc1. The Kier molecular flexibility index (Phi) is 6.97. The van der Waals surface area contributed by atoms with Crippen molar-refractivity contribution in [3.63, 3.8) is 0 Å². The molecule has 1 unspecified atom stereocenters. The van der Waals surface area contributed by atoms with E-state index in [9.17, 15) is 0 Å². The zero-order valence-electron chi connectivity index (χ0n) is 12.4. The Hall–Kier alpha value is -0.980. The predicted octanol–water partition coefficient (Wildman–Crippen LogP) is 6.06. The Morgan fingerprint density at radius 2 is 1.74 bits per heavy atom. The Morgan fingerprint density at radius 1 is 1.05 bits per heavy atom. The molecule has 0 aliphatic carbocycles. The molecule has 0 spiro atoms. The van der Waals surface area contributed by atoms with Gasteiger partial charge in [-0.3, -0.25) is 0 Å². The topological polar surface area (TPSA) is 12.4 Å². The third kappa shape index (κ3) is 4.89. The summed E-state index contributed by atoms with van der Waals surface area (Å²) in [6, 6.07) is 8.49. The van der Waals surface area contributed by atoms with Crippen LogP contribution in [0.1, 0.15) is 64.9 Å². The van der Waals surface area contributed by atoms with Gasteiger partial charge in [-0.05, 0) is 48.2 Å². The van der Waals surface area contributed by atoms with Crippen LogP contribution >= 0.6 is 12.2 Å². The minimum atomic E-state index is 0.295. The Morgan fingerprint density at radius 3 is 2.26 bits per heavy atom. The molecule has 0 N–H and O–H groups in total. The standard InChI is InChI=1S/C17H25NS/c1-4-6-7-13-17(3,12-5-2)15-8-10-16(11-9-15)18-14-19/h8-11H,4-7,12-13H2,1-3H3. The largest absolute Gasteiger partial charge is 0.195 e. The number of rotatable bonds is 8. The molecule has 0 heterocycles. The first-order valence-corrected chi connectivity index (χ1v) is 7.75. The summed E-state index contributed by atoms with van der Waals surface area (Å²) in [5.41, 5.74) is 2.61. The van der Waals surface area contributed by atoms with E-state index in [0.29, 0.717) is 5.41 Å². The zero-order valence-corrected chi connectivity index (χ0v) is 13.2. The fraction of sp³-hybridized carbons (Fsp3) is 0.588. The fourth-order valence-electron chi connectivity index (χ4n) is 2.72. The molecule has 0 aliphatic rings. The number of hydrogen-bond donors (Lipinski definition) is 0. The quantitative estimate of drug-likeness (QED) is 0.319. The lowest BCUT2D eigenvalue weighted by Crippen LogP contribution is -2.21. The van der Waals surface area contributed by atoms with Crippen LogP contribution in [-0.4, -0.2) is 5.16 Å². The molecule has 1 aromatic rings. The summed E-state index contributed by atoms with van der Waals surface area (Å²) in [6.45, 7) is 6.92. The van der Waals surface area contributed by atoms with Gasteiger partial charge in [-0.1, -0.05) is 58.6 Å². The summed E-state index contributed by atoms with van der Waals surface area (Å²) in [5, 5.41) is 2.42. The van der Waals surface area contributed by atoms with Gasteiger partial charge in [0.1, 0.15) is 0 Å². The van der Waals surface area contributed by atoms with Gasteiger partial charge in [-0.2, -0.15) is 4.99 Å². The summed E-state index contributed by atoms with van der Waals surface area (Å²) in [6.07, 6.45) is 7.66. The Labute approximate surface area is 123 Å². The predicted molar refractivity (Wildman–Crippen MR) is 87.5 cm³/mol. The van der Waals surface area contributed by atoms with Crippen LogP contribution in [-0.2, 0) is 5.41 Å². The molecule has 1 aromatic carbocycles. The molecule has 0 amide bonds. The maximum atomic E-state index is 4.64. The number of thiocarbonyl (C=S) groups is 1. The van der Waals surface area contributed by atoms with E-state index in [1.54, 1.807) is 0 Å². The maximum Gasteiger partial charge on any atom is 0.0739 e. The van der Waals surface area contributed by atoms with Gasteiger partial charge in [0.25, 0.3) is 0 Å². The molecule has 0 aliphatic heterocycles. The van der Waals surface area contributed by atoms with E-state index in [1.165, 1.54) is 44.1 Å². The van der Waals surface area contributed by atoms with E-state index in [-0.39, 0.29) is 0 Å². The summed E-state index contributed by atoms with van der Waals surface area (Å²) < 4.78 is 0. The highest BCUT2D eigenvalue weighted by molar-refractivity contribution is 7.78. The molecule has 0 bridgehead atoms. The molecule has 2 heteroatoms. The highest BCUT2D eigenvalue weighted by Gasteiger charge is 2.24. The van der Waals surface area contributed by atoms with Crippen LogP contribution in [0.15, 0.2) is 29.3 Å². The van der Waals surface area contributed by atoms with Crippen LogP contribution in [0.4, 0.5) is 5.69 Å². The van der Waals surface area contributed by atoms with Crippen LogP contribution in [0.3, 0.4) is 0 Å². The minimum absolute atomic E-state index is 0.295. The first-order valence-electron chi connectivity index (χ1n) is 7.34. The number of benzene rings is 1. The molecule has 0 saturated carbocycles. The molecule has 0 aromatic heterocycles. The lowest BCUT2D eigenvalue weighted by molar-refractivity contribution is 0.379. The summed E-state index contributed by atoms with van der Waals surface area (Å²) in [7, 11) is 0. The average Bonchev–Trinajstić information content (AvgIpc) is 2.40. The molecule has 19 heavy (non-hydrogen) atoms. The monoisotopic (exact) mass is 275 g/mol. The lowest BCUT2D eigenvalue weighted by atomic mass is 9.75. The minimum Gasteiger partial charge on any atom is -0.195 e. The van der Waals surface area contributed by atoms with Crippen molar-refractivity contribution in [3.05, 3.63) is 29.8 Å². The number of isothiocyanates is 1. The molecular formula is C17H25NS. The third-order valence-corrected chi connectivity index (χ3v) is 3.96. The third-order valence-electron chi connectivity index (χ3n) is 3.87. The van der Waals surface area contributed by atoms with E-state index < -0.39 is 0 Å². The highest BCUT2D eigenvalue weighted by atomic mass is 32.1. The summed E-state index contributed by atoms with van der Waals surface area (Å²) in [5.74, 6) is 0. The van der Waals surface area contributed by atoms with Crippen molar-refractivity contribution in [2.24, 2.45) is 4.99 Å². The van der Waals surface area contributed by atoms with Crippen LogP contribution in [0.25, 0.3) is 0 Å². The van der Waals surface area contributed by atoms with Gasteiger partial charge in [-0.15, -0.1) is 0 Å². The fourth-order valence-corrected chi connectivity index (χ4v) is 2.83. The molecule has 0 saturated heterocycles. The van der Waals surface area contributed by atoms with Crippen molar-refractivity contribution in [1.82, 2.24) is 0 Å². The van der Waals surface area contributed by atoms with Crippen LogP contribution in [0, 0.1) is 0 Å². The maximum absolute atomic E-state index is 4.64. The first-order chi connectivity index (χ1) is 9.16. The second-order valence-electron chi connectivity index (χ2n) is 5.52. The number of nitrogens with zero attached hydrogens (tertiary/aromatic N) is 1. The molecule has 0 radical (unpaired) electrons. The smallest absolute Gasteiger partial charge is 0.0739 e. The zero-order chi connectivity index (χ0) is 14.1. The van der Waals surface area contributed by atoms with Gasteiger partial charge in [0, 0.05) is 0 Å². The Bertz CT molecular complexity index is 417. The van der Waals surface area contributed by atoms with Crippen molar-refractivity contribution in [2.75, 3.05) is 0 Å². The van der Waals surface area contributed by atoms with Crippen LogP contribution < -0.4 is 0 Å². The molecule has 1 atom stereocenters.